The van der Waals surface area contributed by atoms with Crippen molar-refractivity contribution in [2.75, 3.05) is 26.7 Å². The molecule has 2 N–H and O–H groups in total. The van der Waals surface area contributed by atoms with Crippen LogP contribution in [0.5, 0.6) is 0 Å². The fraction of sp³-hybridized carbons (Fsp3) is 0.977. The van der Waals surface area contributed by atoms with Crippen LogP contribution in [0.4, 0.5) is 0 Å². The van der Waals surface area contributed by atoms with Crippen molar-refractivity contribution < 1.29 is 24.5 Å². The van der Waals surface area contributed by atoms with Crippen LogP contribution < -0.4 is 0 Å². The molecule has 0 aromatic heterocycles. The van der Waals surface area contributed by atoms with Gasteiger partial charge in [0.25, 0.3) is 0 Å². The normalized spacial score (nSPS) is 13.1. The van der Waals surface area contributed by atoms with Gasteiger partial charge in [-0.1, -0.05) is 168 Å². The smallest absolute Gasteiger partial charge is 0.305 e. The predicted octanol–water partition coefficient (Wildman–Crippen LogP) is 12.1. The van der Waals surface area contributed by atoms with Crippen LogP contribution in [0.1, 0.15) is 226 Å². The van der Waals surface area contributed by atoms with E-state index in [0.29, 0.717) is 19.4 Å². The van der Waals surface area contributed by atoms with Gasteiger partial charge in [0, 0.05) is 13.0 Å². The number of esters is 1. The van der Waals surface area contributed by atoms with Gasteiger partial charge in [0.05, 0.1) is 18.8 Å². The summed E-state index contributed by atoms with van der Waals surface area (Å²) in [7, 11) is 2.10. The summed E-state index contributed by atoms with van der Waals surface area (Å²) in [5.41, 5.74) is 0. The number of carbonyl (C=O) groups excluding carboxylic acids is 1. The Hall–Kier alpha value is -0.690. The highest BCUT2D eigenvalue weighted by Gasteiger charge is 2.15. The van der Waals surface area contributed by atoms with Crippen LogP contribution in [0.3, 0.4) is 0 Å². The van der Waals surface area contributed by atoms with E-state index in [1.54, 1.807) is 0 Å². The molecule has 6 heteroatoms. The zero-order chi connectivity index (χ0) is 36.0. The van der Waals surface area contributed by atoms with Crippen LogP contribution in [0.25, 0.3) is 0 Å². The highest BCUT2D eigenvalue weighted by Crippen LogP contribution is 2.20. The fourth-order valence-corrected chi connectivity index (χ4v) is 6.79. The monoisotopic (exact) mass is 698 g/mol. The van der Waals surface area contributed by atoms with Gasteiger partial charge in [0.2, 0.25) is 0 Å². The van der Waals surface area contributed by atoms with E-state index in [9.17, 15) is 15.0 Å². The van der Waals surface area contributed by atoms with Crippen molar-refractivity contribution in [2.24, 2.45) is 0 Å². The number of aliphatic hydroxyl groups is 2. The SMILES string of the molecule is CCCCCCCCCOC(=O)CCCCCCCN(C)CC(O)CCCCCC(O)OC(CCCCCCCC)CCCCCCCC. The lowest BCUT2D eigenvalue weighted by Crippen LogP contribution is -2.30. The lowest BCUT2D eigenvalue weighted by atomic mass is 10.0. The van der Waals surface area contributed by atoms with Crippen molar-refractivity contribution >= 4 is 5.97 Å². The number of hydrogen-bond acceptors (Lipinski definition) is 6. The second kappa shape index (κ2) is 38.5. The molecule has 0 heterocycles. The molecule has 49 heavy (non-hydrogen) atoms. The number of ether oxygens (including phenoxy) is 2. The molecule has 0 radical (unpaired) electrons. The summed E-state index contributed by atoms with van der Waals surface area (Å²) in [5.74, 6) is -0.0320. The van der Waals surface area contributed by atoms with Crippen molar-refractivity contribution in [3.63, 3.8) is 0 Å². The average molecular weight is 698 g/mol. The van der Waals surface area contributed by atoms with Crippen LogP contribution in [0.2, 0.25) is 0 Å². The van der Waals surface area contributed by atoms with Gasteiger partial charge >= 0.3 is 5.97 Å². The Morgan fingerprint density at radius 2 is 0.959 bits per heavy atom. The van der Waals surface area contributed by atoms with Crippen molar-refractivity contribution in [2.45, 2.75) is 245 Å². The number of aliphatic hydroxyl groups excluding tert-OH is 2. The molecule has 0 aliphatic heterocycles. The van der Waals surface area contributed by atoms with E-state index < -0.39 is 6.29 Å². The Balaban J connectivity index is 3.86. The molecule has 2 atom stereocenters. The highest BCUT2D eigenvalue weighted by molar-refractivity contribution is 5.69. The summed E-state index contributed by atoms with van der Waals surface area (Å²) in [4.78, 5) is 14.2. The van der Waals surface area contributed by atoms with E-state index >= 15 is 0 Å². The van der Waals surface area contributed by atoms with E-state index in [2.05, 4.69) is 32.7 Å². The Morgan fingerprint density at radius 3 is 1.53 bits per heavy atom. The molecule has 0 aliphatic rings. The third-order valence-electron chi connectivity index (χ3n) is 10.1. The number of carbonyl (C=O) groups is 1. The number of likely N-dealkylation sites (N-methyl/N-ethyl adjacent to an activating group) is 1. The van der Waals surface area contributed by atoms with Gasteiger partial charge in [0.1, 0.15) is 0 Å². The zero-order valence-corrected chi connectivity index (χ0v) is 33.5. The van der Waals surface area contributed by atoms with Gasteiger partial charge in [0.15, 0.2) is 6.29 Å². The van der Waals surface area contributed by atoms with Crippen LogP contribution in [0, 0.1) is 0 Å². The van der Waals surface area contributed by atoms with E-state index in [1.165, 1.54) is 116 Å². The molecule has 294 valence electrons. The molecule has 6 nitrogen and oxygen atoms in total. The minimum absolute atomic E-state index is 0.0320. The van der Waals surface area contributed by atoms with Crippen LogP contribution in [-0.4, -0.2) is 66.3 Å². The lowest BCUT2D eigenvalue weighted by molar-refractivity contribution is -0.144. The predicted molar refractivity (Wildman–Crippen MR) is 210 cm³/mol. The number of rotatable bonds is 40. The third kappa shape index (κ3) is 36.9. The second-order valence-corrected chi connectivity index (χ2v) is 15.2. The Kier molecular flexibility index (Phi) is 38.0. The third-order valence-corrected chi connectivity index (χ3v) is 10.1. The first-order valence-corrected chi connectivity index (χ1v) is 21.8. The summed E-state index contributed by atoms with van der Waals surface area (Å²) in [6.45, 7) is 9.07. The molecule has 0 saturated carbocycles. The summed E-state index contributed by atoms with van der Waals surface area (Å²) >= 11 is 0. The molecular formula is C43H87NO5. The first-order valence-electron chi connectivity index (χ1n) is 21.8. The van der Waals surface area contributed by atoms with Crippen molar-refractivity contribution in [1.82, 2.24) is 4.90 Å². The van der Waals surface area contributed by atoms with E-state index in [-0.39, 0.29) is 18.2 Å². The minimum atomic E-state index is -0.658. The standard InChI is InChI=1S/C43H87NO5/c1-5-8-11-14-17-23-31-38-48-42(46)35-28-21-18-22-30-37-44(4)39-40(45)32-25-24-29-36-43(47)49-41(33-26-19-15-12-9-6-2)34-27-20-16-13-10-7-3/h40-41,43,45,47H,5-39H2,1-4H3. The Bertz CT molecular complexity index is 646. The van der Waals surface area contributed by atoms with E-state index in [0.717, 1.165) is 90.1 Å². The average Bonchev–Trinajstić information content (AvgIpc) is 3.08. The first-order chi connectivity index (χ1) is 23.9. The maximum Gasteiger partial charge on any atom is 0.305 e. The Labute approximate surface area is 306 Å². The molecule has 0 aliphatic carbocycles. The van der Waals surface area contributed by atoms with Crippen molar-refractivity contribution in [1.29, 1.82) is 0 Å². The van der Waals surface area contributed by atoms with Crippen LogP contribution >= 0.6 is 0 Å². The number of unbranched alkanes of at least 4 members (excludes halogenated alkanes) is 22. The zero-order valence-electron chi connectivity index (χ0n) is 33.5. The topological polar surface area (TPSA) is 79.2 Å². The molecule has 0 rings (SSSR count). The number of hydrogen-bond donors (Lipinski definition) is 2. The maximum absolute atomic E-state index is 11.9. The van der Waals surface area contributed by atoms with Gasteiger partial charge < -0.3 is 24.6 Å². The van der Waals surface area contributed by atoms with Gasteiger partial charge in [-0.2, -0.15) is 0 Å². The summed E-state index contributed by atoms with van der Waals surface area (Å²) in [5, 5.41) is 21.2. The molecule has 0 saturated heterocycles. The first kappa shape index (κ1) is 48.3. The summed E-state index contributed by atoms with van der Waals surface area (Å²) in [6, 6.07) is 0. The molecule has 0 spiro atoms. The van der Waals surface area contributed by atoms with Gasteiger partial charge in [-0.05, 0) is 65.0 Å². The van der Waals surface area contributed by atoms with Crippen molar-refractivity contribution in [3.8, 4) is 0 Å². The van der Waals surface area contributed by atoms with Crippen LogP contribution in [-0.2, 0) is 14.3 Å². The van der Waals surface area contributed by atoms with Crippen LogP contribution in [0.15, 0.2) is 0 Å². The molecule has 0 amide bonds. The largest absolute Gasteiger partial charge is 0.466 e. The molecule has 0 aromatic carbocycles. The summed E-state index contributed by atoms with van der Waals surface area (Å²) < 4.78 is 11.6. The quantitative estimate of drug-likeness (QED) is 0.0377. The minimum Gasteiger partial charge on any atom is -0.466 e. The lowest BCUT2D eigenvalue weighted by Gasteiger charge is -2.22. The van der Waals surface area contributed by atoms with E-state index in [1.807, 2.05) is 0 Å². The molecule has 0 aromatic rings. The Morgan fingerprint density at radius 1 is 0.531 bits per heavy atom. The van der Waals surface area contributed by atoms with Gasteiger partial charge in [-0.3, -0.25) is 4.79 Å². The molecule has 0 fully saturated rings. The summed E-state index contributed by atoms with van der Waals surface area (Å²) in [6.07, 6.45) is 36.1. The molecular weight excluding hydrogens is 610 g/mol. The van der Waals surface area contributed by atoms with Gasteiger partial charge in [-0.25, -0.2) is 0 Å². The van der Waals surface area contributed by atoms with Gasteiger partial charge in [-0.15, -0.1) is 0 Å². The fourth-order valence-electron chi connectivity index (χ4n) is 6.79. The van der Waals surface area contributed by atoms with E-state index in [4.69, 9.17) is 9.47 Å². The highest BCUT2D eigenvalue weighted by atomic mass is 16.6. The maximum atomic E-state index is 11.9. The second-order valence-electron chi connectivity index (χ2n) is 15.2. The number of nitrogens with zero attached hydrogens (tertiary/aromatic N) is 1. The molecule has 0 bridgehead atoms. The van der Waals surface area contributed by atoms with Crippen molar-refractivity contribution in [3.05, 3.63) is 0 Å². The molecule has 2 unspecified atom stereocenters.